The Hall–Kier alpha value is -1.29. The first kappa shape index (κ1) is 10.2. The number of nitrogens with one attached hydrogen (secondary N) is 2. The zero-order chi connectivity index (χ0) is 10.7. The summed E-state index contributed by atoms with van der Waals surface area (Å²) in [5.74, 6) is 0.743. The van der Waals surface area contributed by atoms with Crippen LogP contribution in [0.5, 0.6) is 0 Å². The Morgan fingerprint density at radius 1 is 1.73 bits per heavy atom. The maximum absolute atomic E-state index is 11.8. The van der Waals surface area contributed by atoms with Gasteiger partial charge >= 0.3 is 0 Å². The summed E-state index contributed by atoms with van der Waals surface area (Å²) >= 11 is 0. The number of rotatable bonds is 3. The molecule has 1 fully saturated rings. The molecular weight excluding hydrogens is 192 g/mol. The monoisotopic (exact) mass is 208 g/mol. The highest BCUT2D eigenvalue weighted by Crippen LogP contribution is 2.11. The van der Waals surface area contributed by atoms with Crippen molar-refractivity contribution in [3.05, 3.63) is 23.7 Å². The van der Waals surface area contributed by atoms with E-state index >= 15 is 0 Å². The van der Waals surface area contributed by atoms with Gasteiger partial charge in [-0.05, 0) is 19.0 Å². The van der Waals surface area contributed by atoms with Crippen molar-refractivity contribution in [1.29, 1.82) is 0 Å². The predicted octanol–water partition coefficient (Wildman–Crippen LogP) is 0.934. The van der Waals surface area contributed by atoms with Crippen molar-refractivity contribution < 1.29 is 9.21 Å². The van der Waals surface area contributed by atoms with Gasteiger partial charge in [-0.3, -0.25) is 4.79 Å². The van der Waals surface area contributed by atoms with Gasteiger partial charge in [0, 0.05) is 19.0 Å². The molecule has 82 valence electrons. The lowest BCUT2D eigenvalue weighted by Crippen LogP contribution is -2.36. The normalized spacial score (nSPS) is 20.5. The molecule has 0 bridgehead atoms. The van der Waals surface area contributed by atoms with Gasteiger partial charge in [0.1, 0.15) is 5.76 Å². The maximum Gasteiger partial charge on any atom is 0.255 e. The van der Waals surface area contributed by atoms with Gasteiger partial charge in [-0.25, -0.2) is 0 Å². The quantitative estimate of drug-likeness (QED) is 0.777. The summed E-state index contributed by atoms with van der Waals surface area (Å²) in [7, 11) is 0. The van der Waals surface area contributed by atoms with Gasteiger partial charge in [0.05, 0.1) is 11.8 Å². The fraction of sp³-hybridized carbons (Fsp3) is 0.545. The average molecular weight is 208 g/mol. The van der Waals surface area contributed by atoms with E-state index < -0.39 is 0 Å². The highest BCUT2D eigenvalue weighted by molar-refractivity contribution is 5.95. The van der Waals surface area contributed by atoms with Gasteiger partial charge in [0.15, 0.2) is 0 Å². The Labute approximate surface area is 89.0 Å². The number of amides is 1. The number of carbonyl (C=O) groups is 1. The standard InChI is InChI=1S/C11H16N2O2/c1-2-10-9(4-6-15-10)11(14)13-8-3-5-12-7-8/h4,6,8,12H,2-3,5,7H2,1H3,(H,13,14). The van der Waals surface area contributed by atoms with E-state index in [4.69, 9.17) is 4.42 Å². The van der Waals surface area contributed by atoms with Crippen LogP contribution in [0.2, 0.25) is 0 Å². The smallest absolute Gasteiger partial charge is 0.255 e. The van der Waals surface area contributed by atoms with Crippen molar-refractivity contribution in [2.24, 2.45) is 0 Å². The topological polar surface area (TPSA) is 54.3 Å². The molecule has 15 heavy (non-hydrogen) atoms. The molecule has 2 N–H and O–H groups in total. The minimum atomic E-state index is -0.0192. The largest absolute Gasteiger partial charge is 0.469 e. The van der Waals surface area contributed by atoms with Gasteiger partial charge in [-0.15, -0.1) is 0 Å². The van der Waals surface area contributed by atoms with Crippen molar-refractivity contribution in [1.82, 2.24) is 10.6 Å². The van der Waals surface area contributed by atoms with Crippen LogP contribution in [-0.4, -0.2) is 25.0 Å². The van der Waals surface area contributed by atoms with E-state index in [1.165, 1.54) is 0 Å². The van der Waals surface area contributed by atoms with Gasteiger partial charge in [0.2, 0.25) is 0 Å². The zero-order valence-electron chi connectivity index (χ0n) is 8.88. The van der Waals surface area contributed by atoms with Crippen LogP contribution in [0.3, 0.4) is 0 Å². The van der Waals surface area contributed by atoms with Gasteiger partial charge in [0.25, 0.3) is 5.91 Å². The summed E-state index contributed by atoms with van der Waals surface area (Å²) in [6.07, 6.45) is 3.32. The van der Waals surface area contributed by atoms with Crippen LogP contribution in [0.4, 0.5) is 0 Å². The van der Waals surface area contributed by atoms with E-state index in [0.29, 0.717) is 5.56 Å². The van der Waals surface area contributed by atoms with Crippen LogP contribution >= 0.6 is 0 Å². The first-order valence-electron chi connectivity index (χ1n) is 5.39. The molecule has 1 aliphatic heterocycles. The van der Waals surface area contributed by atoms with Gasteiger partial charge in [-0.1, -0.05) is 6.92 Å². The SMILES string of the molecule is CCc1occc1C(=O)NC1CCNC1. The predicted molar refractivity (Wildman–Crippen MR) is 56.8 cm³/mol. The molecular formula is C11H16N2O2. The van der Waals surface area contributed by atoms with Crippen molar-refractivity contribution >= 4 is 5.91 Å². The molecule has 1 atom stereocenters. The van der Waals surface area contributed by atoms with E-state index in [0.717, 1.165) is 31.7 Å². The summed E-state index contributed by atoms with van der Waals surface area (Å²) in [6, 6.07) is 1.99. The lowest BCUT2D eigenvalue weighted by atomic mass is 10.2. The summed E-state index contributed by atoms with van der Waals surface area (Å²) in [4.78, 5) is 11.8. The van der Waals surface area contributed by atoms with Gasteiger partial charge < -0.3 is 15.1 Å². The minimum absolute atomic E-state index is 0.0192. The molecule has 1 aromatic heterocycles. The molecule has 1 unspecified atom stereocenters. The molecule has 2 heterocycles. The summed E-state index contributed by atoms with van der Waals surface area (Å²) in [5.41, 5.74) is 0.671. The van der Waals surface area contributed by atoms with Crippen LogP contribution in [-0.2, 0) is 6.42 Å². The third kappa shape index (κ3) is 2.21. The first-order chi connectivity index (χ1) is 7.31. The number of hydrogen-bond acceptors (Lipinski definition) is 3. The zero-order valence-corrected chi connectivity index (χ0v) is 8.88. The number of aryl methyl sites for hydroxylation is 1. The van der Waals surface area contributed by atoms with Crippen molar-refractivity contribution in [2.75, 3.05) is 13.1 Å². The molecule has 1 amide bonds. The Morgan fingerprint density at radius 3 is 3.27 bits per heavy atom. The molecule has 1 saturated heterocycles. The van der Waals surface area contributed by atoms with E-state index in [9.17, 15) is 4.79 Å². The third-order valence-electron chi connectivity index (χ3n) is 2.71. The van der Waals surface area contributed by atoms with Gasteiger partial charge in [-0.2, -0.15) is 0 Å². The molecule has 4 heteroatoms. The van der Waals surface area contributed by atoms with E-state index in [2.05, 4.69) is 10.6 Å². The molecule has 0 radical (unpaired) electrons. The van der Waals surface area contributed by atoms with E-state index in [-0.39, 0.29) is 11.9 Å². The Bertz CT molecular complexity index is 340. The molecule has 1 aliphatic rings. The second-order valence-corrected chi connectivity index (χ2v) is 3.77. The average Bonchev–Trinajstić information content (AvgIpc) is 2.86. The van der Waals surface area contributed by atoms with Crippen LogP contribution in [0, 0.1) is 0 Å². The number of carbonyl (C=O) groups excluding carboxylic acids is 1. The summed E-state index contributed by atoms with van der Waals surface area (Å²) in [5, 5.41) is 6.21. The van der Waals surface area contributed by atoms with Crippen LogP contribution in [0.25, 0.3) is 0 Å². The maximum atomic E-state index is 11.8. The second-order valence-electron chi connectivity index (χ2n) is 3.77. The first-order valence-corrected chi connectivity index (χ1v) is 5.39. The lowest BCUT2D eigenvalue weighted by Gasteiger charge is -2.10. The van der Waals surface area contributed by atoms with Crippen LogP contribution < -0.4 is 10.6 Å². The van der Waals surface area contributed by atoms with E-state index in [1.54, 1.807) is 12.3 Å². The molecule has 0 saturated carbocycles. The van der Waals surface area contributed by atoms with E-state index in [1.807, 2.05) is 6.92 Å². The molecule has 2 rings (SSSR count). The number of furan rings is 1. The summed E-state index contributed by atoms with van der Waals surface area (Å²) < 4.78 is 5.22. The van der Waals surface area contributed by atoms with Crippen LogP contribution in [0.15, 0.2) is 16.7 Å². The van der Waals surface area contributed by atoms with Crippen molar-refractivity contribution in [3.8, 4) is 0 Å². The molecule has 1 aromatic rings. The molecule has 4 nitrogen and oxygen atoms in total. The third-order valence-corrected chi connectivity index (χ3v) is 2.71. The molecule has 0 aromatic carbocycles. The Kier molecular flexibility index (Phi) is 3.06. The van der Waals surface area contributed by atoms with Crippen LogP contribution in [0.1, 0.15) is 29.5 Å². The minimum Gasteiger partial charge on any atom is -0.469 e. The van der Waals surface area contributed by atoms with Crippen molar-refractivity contribution in [2.45, 2.75) is 25.8 Å². The Balaban J connectivity index is 2.00. The number of hydrogen-bond donors (Lipinski definition) is 2. The fourth-order valence-corrected chi connectivity index (χ4v) is 1.86. The second kappa shape index (κ2) is 4.49. The van der Waals surface area contributed by atoms with Crippen molar-refractivity contribution in [3.63, 3.8) is 0 Å². The highest BCUT2D eigenvalue weighted by Gasteiger charge is 2.19. The lowest BCUT2D eigenvalue weighted by molar-refractivity contribution is 0.0938. The highest BCUT2D eigenvalue weighted by atomic mass is 16.3. The summed E-state index contributed by atoms with van der Waals surface area (Å²) in [6.45, 7) is 3.83. The Morgan fingerprint density at radius 2 is 2.60 bits per heavy atom. The fourth-order valence-electron chi connectivity index (χ4n) is 1.86. The molecule has 0 spiro atoms. The molecule has 0 aliphatic carbocycles.